The van der Waals surface area contributed by atoms with Crippen molar-refractivity contribution in [1.82, 2.24) is 0 Å². The lowest BCUT2D eigenvalue weighted by atomic mass is 9.48. The van der Waals surface area contributed by atoms with Gasteiger partial charge in [-0.25, -0.2) is 0 Å². The summed E-state index contributed by atoms with van der Waals surface area (Å²) >= 11 is 0. The van der Waals surface area contributed by atoms with Crippen molar-refractivity contribution in [1.29, 1.82) is 0 Å². The third kappa shape index (κ3) is 3.03. The quantitative estimate of drug-likeness (QED) is 0.654. The van der Waals surface area contributed by atoms with E-state index in [2.05, 4.69) is 62.4 Å². The first kappa shape index (κ1) is 18.4. The molecule has 2 aromatic rings. The summed E-state index contributed by atoms with van der Waals surface area (Å²) in [6.07, 6.45) is 5.40. The number of ether oxygens (including phenoxy) is 2. The van der Waals surface area contributed by atoms with Crippen LogP contribution in [-0.2, 0) is 5.41 Å². The fourth-order valence-corrected chi connectivity index (χ4v) is 6.34. The molecule has 2 saturated carbocycles. The number of methoxy groups -OCH3 is 2. The molecule has 4 unspecified atom stereocenters. The van der Waals surface area contributed by atoms with Crippen LogP contribution in [0.15, 0.2) is 48.5 Å². The van der Waals surface area contributed by atoms with Gasteiger partial charge < -0.3 is 9.47 Å². The number of benzene rings is 2. The molecule has 0 aromatic heterocycles. The second kappa shape index (κ2) is 7.22. The van der Waals surface area contributed by atoms with Crippen molar-refractivity contribution < 1.29 is 9.47 Å². The Balaban J connectivity index is 1.87. The highest BCUT2D eigenvalue weighted by Crippen LogP contribution is 2.58. The Bertz CT molecular complexity index is 710. The molecular formula is C25H32O2. The molecule has 4 rings (SSSR count). The van der Waals surface area contributed by atoms with Gasteiger partial charge in [0, 0.05) is 5.41 Å². The Kier molecular flexibility index (Phi) is 4.92. The summed E-state index contributed by atoms with van der Waals surface area (Å²) < 4.78 is 10.9. The predicted molar refractivity (Wildman–Crippen MR) is 111 cm³/mol. The minimum atomic E-state index is 0.0731. The molecule has 2 fully saturated rings. The first-order chi connectivity index (χ1) is 13.1. The summed E-state index contributed by atoms with van der Waals surface area (Å²) in [4.78, 5) is 0. The molecule has 2 aliphatic rings. The lowest BCUT2D eigenvalue weighted by Gasteiger charge is -2.55. The van der Waals surface area contributed by atoms with Gasteiger partial charge in [-0.05, 0) is 84.7 Å². The fraction of sp³-hybridized carbons (Fsp3) is 0.520. The van der Waals surface area contributed by atoms with Crippen molar-refractivity contribution in [3.8, 4) is 11.5 Å². The molecule has 0 amide bonds. The highest BCUT2D eigenvalue weighted by molar-refractivity contribution is 5.46. The predicted octanol–water partition coefficient (Wildman–Crippen LogP) is 6.08. The molecule has 0 radical (unpaired) electrons. The van der Waals surface area contributed by atoms with Gasteiger partial charge in [-0.3, -0.25) is 0 Å². The zero-order valence-electron chi connectivity index (χ0n) is 17.1. The smallest absolute Gasteiger partial charge is 0.118 e. The second-order valence-corrected chi connectivity index (χ2v) is 8.84. The lowest BCUT2D eigenvalue weighted by molar-refractivity contribution is 0.0401. The zero-order chi connectivity index (χ0) is 19.0. The fourth-order valence-electron chi connectivity index (χ4n) is 6.34. The van der Waals surface area contributed by atoms with E-state index in [0.717, 1.165) is 23.3 Å². The van der Waals surface area contributed by atoms with E-state index in [1.54, 1.807) is 14.2 Å². The Hall–Kier alpha value is -1.96. The average Bonchev–Trinajstić information content (AvgIpc) is 2.68. The number of hydrogen-bond acceptors (Lipinski definition) is 2. The Morgan fingerprint density at radius 2 is 1.22 bits per heavy atom. The average molecular weight is 365 g/mol. The van der Waals surface area contributed by atoms with Gasteiger partial charge >= 0.3 is 0 Å². The molecular weight excluding hydrogens is 332 g/mol. The maximum Gasteiger partial charge on any atom is 0.118 e. The maximum atomic E-state index is 5.43. The SMILES string of the molecule is COc1ccc(C2(c3ccc(OC)cc3)C(C)CC3CC(C)CC2C3)cc1. The molecule has 27 heavy (non-hydrogen) atoms. The van der Waals surface area contributed by atoms with Crippen molar-refractivity contribution >= 4 is 0 Å². The molecule has 2 aliphatic carbocycles. The van der Waals surface area contributed by atoms with Crippen molar-refractivity contribution in [3.05, 3.63) is 59.7 Å². The Morgan fingerprint density at radius 1 is 0.704 bits per heavy atom. The van der Waals surface area contributed by atoms with E-state index in [4.69, 9.17) is 9.47 Å². The number of fused-ring (bicyclic) bond motifs is 2. The molecule has 2 nitrogen and oxygen atoms in total. The molecule has 0 heterocycles. The molecule has 2 aromatic carbocycles. The van der Waals surface area contributed by atoms with Gasteiger partial charge in [0.05, 0.1) is 14.2 Å². The van der Waals surface area contributed by atoms with Crippen LogP contribution in [-0.4, -0.2) is 14.2 Å². The third-order valence-electron chi connectivity index (χ3n) is 7.28. The molecule has 0 spiro atoms. The summed E-state index contributed by atoms with van der Waals surface area (Å²) in [6, 6.07) is 17.7. The monoisotopic (exact) mass is 364 g/mol. The van der Waals surface area contributed by atoms with Crippen LogP contribution < -0.4 is 9.47 Å². The van der Waals surface area contributed by atoms with Crippen LogP contribution in [0.4, 0.5) is 0 Å². The second-order valence-electron chi connectivity index (χ2n) is 8.84. The van der Waals surface area contributed by atoms with Gasteiger partial charge in [0.15, 0.2) is 0 Å². The van der Waals surface area contributed by atoms with Crippen LogP contribution in [0.25, 0.3) is 0 Å². The van der Waals surface area contributed by atoms with Crippen molar-refractivity contribution in [2.45, 2.75) is 44.9 Å². The van der Waals surface area contributed by atoms with Gasteiger partial charge in [-0.2, -0.15) is 0 Å². The molecule has 2 heteroatoms. The van der Waals surface area contributed by atoms with Crippen LogP contribution in [0.2, 0.25) is 0 Å². The van der Waals surface area contributed by atoms with E-state index in [1.165, 1.54) is 36.8 Å². The van der Waals surface area contributed by atoms with Gasteiger partial charge in [0.2, 0.25) is 0 Å². The standard InChI is InChI=1S/C25H32O2/c1-17-13-19-15-18(2)25(22(14-17)16-19,20-5-9-23(26-3)10-6-20)21-7-11-24(27-4)12-8-21/h5-12,17-19,22H,13-16H2,1-4H3. The van der Waals surface area contributed by atoms with Crippen LogP contribution in [0, 0.1) is 23.7 Å². The Labute approximate surface area is 163 Å². The molecule has 2 bridgehead atoms. The first-order valence-electron chi connectivity index (χ1n) is 10.4. The largest absolute Gasteiger partial charge is 0.497 e. The van der Waals surface area contributed by atoms with Gasteiger partial charge in [0.25, 0.3) is 0 Å². The van der Waals surface area contributed by atoms with E-state index in [1.807, 2.05) is 0 Å². The topological polar surface area (TPSA) is 18.5 Å². The lowest BCUT2D eigenvalue weighted by Crippen LogP contribution is -2.50. The normalized spacial score (nSPS) is 29.2. The molecule has 0 saturated heterocycles. The summed E-state index contributed by atoms with van der Waals surface area (Å²) in [5, 5.41) is 0. The van der Waals surface area contributed by atoms with Crippen molar-refractivity contribution in [2.24, 2.45) is 23.7 Å². The Morgan fingerprint density at radius 3 is 1.70 bits per heavy atom. The minimum Gasteiger partial charge on any atom is -0.497 e. The minimum absolute atomic E-state index is 0.0731. The number of hydrogen-bond donors (Lipinski definition) is 0. The summed E-state index contributed by atoms with van der Waals surface area (Å²) in [6.45, 7) is 4.92. The van der Waals surface area contributed by atoms with Crippen molar-refractivity contribution in [3.63, 3.8) is 0 Å². The first-order valence-corrected chi connectivity index (χ1v) is 10.4. The van der Waals surface area contributed by atoms with Gasteiger partial charge in [-0.1, -0.05) is 38.1 Å². The molecule has 0 aliphatic heterocycles. The highest BCUT2D eigenvalue weighted by Gasteiger charge is 2.52. The molecule has 4 atom stereocenters. The summed E-state index contributed by atoms with van der Waals surface area (Å²) in [7, 11) is 3.48. The third-order valence-corrected chi connectivity index (χ3v) is 7.28. The highest BCUT2D eigenvalue weighted by atomic mass is 16.5. The van der Waals surface area contributed by atoms with Crippen molar-refractivity contribution in [2.75, 3.05) is 14.2 Å². The van der Waals surface area contributed by atoms with E-state index < -0.39 is 0 Å². The van der Waals surface area contributed by atoms with Crippen LogP contribution in [0.1, 0.15) is 50.7 Å². The van der Waals surface area contributed by atoms with Gasteiger partial charge in [0.1, 0.15) is 11.5 Å². The van der Waals surface area contributed by atoms with E-state index in [0.29, 0.717) is 11.8 Å². The summed E-state index contributed by atoms with van der Waals surface area (Å²) in [5.41, 5.74) is 2.96. The van der Waals surface area contributed by atoms with Crippen LogP contribution >= 0.6 is 0 Å². The summed E-state index contributed by atoms with van der Waals surface area (Å²) in [5.74, 6) is 4.88. The van der Waals surface area contributed by atoms with Crippen LogP contribution in [0.3, 0.4) is 0 Å². The van der Waals surface area contributed by atoms with Gasteiger partial charge in [-0.15, -0.1) is 0 Å². The van der Waals surface area contributed by atoms with E-state index >= 15 is 0 Å². The maximum absolute atomic E-state index is 5.43. The van der Waals surface area contributed by atoms with E-state index in [9.17, 15) is 0 Å². The zero-order valence-corrected chi connectivity index (χ0v) is 17.1. The van der Waals surface area contributed by atoms with E-state index in [-0.39, 0.29) is 5.41 Å². The van der Waals surface area contributed by atoms with Crippen LogP contribution in [0.5, 0.6) is 11.5 Å². The molecule has 144 valence electrons. The number of rotatable bonds is 4. The molecule has 0 N–H and O–H groups in total.